The minimum Gasteiger partial charge on any atom is -0.484 e. The molecule has 1 aliphatic heterocycles. The molecule has 10 heteroatoms. The lowest BCUT2D eigenvalue weighted by atomic mass is 10.2. The molecular weight excluding hydrogens is 398 g/mol. The molecule has 1 heterocycles. The van der Waals surface area contributed by atoms with Crippen molar-refractivity contribution >= 4 is 27.5 Å². The van der Waals surface area contributed by atoms with Crippen molar-refractivity contribution in [3.05, 3.63) is 54.1 Å². The molecule has 0 unspecified atom stereocenters. The van der Waals surface area contributed by atoms with Crippen LogP contribution in [0.25, 0.3) is 0 Å². The fourth-order valence-electron chi connectivity index (χ4n) is 2.72. The summed E-state index contributed by atoms with van der Waals surface area (Å²) in [5, 5.41) is 7.62. The zero-order valence-electron chi connectivity index (χ0n) is 15.5. The molecule has 29 heavy (non-hydrogen) atoms. The Hall–Kier alpha value is -2.95. The molecule has 3 N–H and O–H groups in total. The van der Waals surface area contributed by atoms with Crippen molar-refractivity contribution in [1.82, 2.24) is 4.90 Å². The molecule has 0 bridgehead atoms. The number of hydrogen-bond donors (Lipinski definition) is 2. The number of amides is 2. The van der Waals surface area contributed by atoms with E-state index in [0.717, 1.165) is 0 Å². The summed E-state index contributed by atoms with van der Waals surface area (Å²) in [5.41, 5.74) is 0.955. The van der Waals surface area contributed by atoms with Crippen LogP contribution in [0.5, 0.6) is 5.75 Å². The Morgan fingerprint density at radius 1 is 1.03 bits per heavy atom. The van der Waals surface area contributed by atoms with Crippen molar-refractivity contribution < 1.29 is 27.5 Å². The minimum atomic E-state index is -3.78. The van der Waals surface area contributed by atoms with Gasteiger partial charge in [0.2, 0.25) is 10.0 Å². The molecule has 1 saturated heterocycles. The fourth-order valence-corrected chi connectivity index (χ4v) is 3.23. The Morgan fingerprint density at radius 2 is 1.66 bits per heavy atom. The van der Waals surface area contributed by atoms with E-state index in [4.69, 9.17) is 14.6 Å². The molecule has 2 amide bonds. The van der Waals surface area contributed by atoms with Crippen LogP contribution in [0.4, 0.5) is 5.69 Å². The van der Waals surface area contributed by atoms with Gasteiger partial charge in [-0.3, -0.25) is 9.59 Å². The normalized spacial score (nSPS) is 14.3. The Labute approximate surface area is 168 Å². The zero-order valence-corrected chi connectivity index (χ0v) is 16.4. The lowest BCUT2D eigenvalue weighted by Gasteiger charge is -2.26. The van der Waals surface area contributed by atoms with Crippen LogP contribution < -0.4 is 15.2 Å². The molecule has 2 aromatic carbocycles. The number of primary sulfonamides is 1. The Balaban J connectivity index is 1.50. The highest BCUT2D eigenvalue weighted by molar-refractivity contribution is 7.89. The van der Waals surface area contributed by atoms with Crippen molar-refractivity contribution in [2.75, 3.05) is 38.2 Å². The van der Waals surface area contributed by atoms with E-state index in [9.17, 15) is 18.0 Å². The van der Waals surface area contributed by atoms with Crippen LogP contribution in [0.1, 0.15) is 10.4 Å². The first-order chi connectivity index (χ1) is 13.8. The molecule has 9 nitrogen and oxygen atoms in total. The predicted molar refractivity (Wildman–Crippen MR) is 105 cm³/mol. The number of nitrogens with one attached hydrogen (secondary N) is 1. The molecule has 2 aromatic rings. The minimum absolute atomic E-state index is 0.0431. The van der Waals surface area contributed by atoms with Gasteiger partial charge in [-0.15, -0.1) is 0 Å². The van der Waals surface area contributed by atoms with Crippen molar-refractivity contribution in [2.45, 2.75) is 4.90 Å². The largest absolute Gasteiger partial charge is 0.484 e. The first-order valence-corrected chi connectivity index (χ1v) is 10.4. The summed E-state index contributed by atoms with van der Waals surface area (Å²) in [4.78, 5) is 26.1. The van der Waals surface area contributed by atoms with Crippen LogP contribution in [0.3, 0.4) is 0 Å². The van der Waals surface area contributed by atoms with E-state index in [-0.39, 0.29) is 17.4 Å². The Bertz CT molecular complexity index is 968. The molecule has 0 aliphatic carbocycles. The third kappa shape index (κ3) is 5.76. The van der Waals surface area contributed by atoms with Gasteiger partial charge >= 0.3 is 0 Å². The van der Waals surface area contributed by atoms with E-state index in [1.165, 1.54) is 24.3 Å². The van der Waals surface area contributed by atoms with E-state index < -0.39 is 15.9 Å². The van der Waals surface area contributed by atoms with E-state index in [2.05, 4.69) is 5.32 Å². The van der Waals surface area contributed by atoms with E-state index >= 15 is 0 Å². The second kappa shape index (κ2) is 9.03. The smallest absolute Gasteiger partial charge is 0.262 e. The number of carbonyl (C=O) groups excluding carboxylic acids is 2. The van der Waals surface area contributed by atoms with Gasteiger partial charge in [-0.25, -0.2) is 13.6 Å². The number of benzene rings is 2. The molecule has 0 spiro atoms. The zero-order chi connectivity index (χ0) is 20.9. The standard InChI is InChI=1S/C19H21N3O6S/c20-29(25,26)17-7-3-15(4-8-17)21-18(23)13-28-16-5-1-14(2-6-16)19(24)22-9-11-27-12-10-22/h1-8H,9-13H2,(H,21,23)(H2,20,25,26). The van der Waals surface area contributed by atoms with Crippen molar-refractivity contribution in [1.29, 1.82) is 0 Å². The number of sulfonamides is 1. The molecule has 154 valence electrons. The van der Waals surface area contributed by atoms with Crippen molar-refractivity contribution in [2.24, 2.45) is 5.14 Å². The first-order valence-electron chi connectivity index (χ1n) is 8.85. The van der Waals surface area contributed by atoms with Gasteiger partial charge in [-0.2, -0.15) is 0 Å². The summed E-state index contributed by atoms with van der Waals surface area (Å²) in [5.74, 6) is -0.0365. The monoisotopic (exact) mass is 419 g/mol. The predicted octanol–water partition coefficient (Wildman–Crippen LogP) is 0.824. The topological polar surface area (TPSA) is 128 Å². The number of nitrogens with zero attached hydrogens (tertiary/aromatic N) is 1. The average molecular weight is 419 g/mol. The molecular formula is C19H21N3O6S. The van der Waals surface area contributed by atoms with Gasteiger partial charge in [0.1, 0.15) is 5.75 Å². The number of hydrogen-bond acceptors (Lipinski definition) is 6. The summed E-state index contributed by atoms with van der Waals surface area (Å²) >= 11 is 0. The van der Waals surface area contributed by atoms with Gasteiger partial charge in [0, 0.05) is 24.3 Å². The number of ether oxygens (including phenoxy) is 2. The van der Waals surface area contributed by atoms with Crippen LogP contribution in [0, 0.1) is 0 Å². The maximum atomic E-state index is 12.4. The number of carbonyl (C=O) groups is 2. The summed E-state index contributed by atoms with van der Waals surface area (Å²) < 4.78 is 33.1. The highest BCUT2D eigenvalue weighted by Gasteiger charge is 2.18. The lowest BCUT2D eigenvalue weighted by molar-refractivity contribution is -0.118. The van der Waals surface area contributed by atoms with Crippen LogP contribution in [-0.4, -0.2) is 58.0 Å². The Morgan fingerprint density at radius 3 is 2.24 bits per heavy atom. The number of morpholine rings is 1. The summed E-state index contributed by atoms with van der Waals surface area (Å²) in [7, 11) is -3.78. The van der Waals surface area contributed by atoms with Crippen LogP contribution >= 0.6 is 0 Å². The lowest BCUT2D eigenvalue weighted by Crippen LogP contribution is -2.40. The maximum Gasteiger partial charge on any atom is 0.262 e. The second-order valence-corrected chi connectivity index (χ2v) is 7.90. The third-order valence-electron chi connectivity index (χ3n) is 4.24. The average Bonchev–Trinajstić information content (AvgIpc) is 2.72. The SMILES string of the molecule is NS(=O)(=O)c1ccc(NC(=O)COc2ccc(C(=O)N3CCOCC3)cc2)cc1. The maximum absolute atomic E-state index is 12.4. The number of anilines is 1. The van der Waals surface area contributed by atoms with Gasteiger partial charge in [0.05, 0.1) is 18.1 Å². The molecule has 0 saturated carbocycles. The molecule has 1 fully saturated rings. The molecule has 3 rings (SSSR count). The van der Waals surface area contributed by atoms with Gasteiger partial charge < -0.3 is 19.7 Å². The van der Waals surface area contributed by atoms with E-state index in [1.807, 2.05) is 0 Å². The quantitative estimate of drug-likeness (QED) is 0.714. The highest BCUT2D eigenvalue weighted by Crippen LogP contribution is 2.16. The molecule has 0 atom stereocenters. The van der Waals surface area contributed by atoms with Crippen molar-refractivity contribution in [3.63, 3.8) is 0 Å². The number of nitrogens with two attached hydrogens (primary N) is 1. The van der Waals surface area contributed by atoms with E-state index in [1.54, 1.807) is 29.2 Å². The molecule has 1 aliphatic rings. The first kappa shape index (κ1) is 20.8. The third-order valence-corrected chi connectivity index (χ3v) is 5.17. The van der Waals surface area contributed by atoms with Crippen LogP contribution in [-0.2, 0) is 19.6 Å². The molecule has 0 radical (unpaired) electrons. The Kier molecular flexibility index (Phi) is 6.47. The van der Waals surface area contributed by atoms with Crippen molar-refractivity contribution in [3.8, 4) is 5.75 Å². The fraction of sp³-hybridized carbons (Fsp3) is 0.263. The van der Waals surface area contributed by atoms with Crippen LogP contribution in [0.2, 0.25) is 0 Å². The summed E-state index contributed by atoms with van der Waals surface area (Å²) in [6.07, 6.45) is 0. The van der Waals surface area contributed by atoms with E-state index in [0.29, 0.717) is 43.3 Å². The summed E-state index contributed by atoms with van der Waals surface area (Å²) in [6, 6.07) is 12.0. The number of rotatable bonds is 6. The van der Waals surface area contributed by atoms with Gasteiger partial charge in [-0.05, 0) is 48.5 Å². The van der Waals surface area contributed by atoms with Gasteiger partial charge in [-0.1, -0.05) is 0 Å². The van der Waals surface area contributed by atoms with Gasteiger partial charge in [0.25, 0.3) is 11.8 Å². The molecule has 0 aromatic heterocycles. The van der Waals surface area contributed by atoms with Gasteiger partial charge in [0.15, 0.2) is 6.61 Å². The van der Waals surface area contributed by atoms with Crippen LogP contribution in [0.15, 0.2) is 53.4 Å². The highest BCUT2D eigenvalue weighted by atomic mass is 32.2. The second-order valence-electron chi connectivity index (χ2n) is 6.34. The summed E-state index contributed by atoms with van der Waals surface area (Å²) in [6.45, 7) is 1.96.